The van der Waals surface area contributed by atoms with Crippen molar-refractivity contribution in [1.29, 1.82) is 0 Å². The zero-order valence-corrected chi connectivity index (χ0v) is 20.4. The van der Waals surface area contributed by atoms with Crippen molar-refractivity contribution in [3.63, 3.8) is 0 Å². The Hall–Kier alpha value is -2.26. The lowest BCUT2D eigenvalue weighted by Crippen LogP contribution is -2.49. The average Bonchev–Trinajstić information content (AvgIpc) is 2.76. The molecule has 0 spiro atoms. The lowest BCUT2D eigenvalue weighted by molar-refractivity contribution is 0.0733. The summed E-state index contributed by atoms with van der Waals surface area (Å²) < 4.78 is 48.2. The van der Waals surface area contributed by atoms with Crippen molar-refractivity contribution >= 4 is 16.1 Å². The van der Waals surface area contributed by atoms with Gasteiger partial charge in [-0.3, -0.25) is 4.90 Å². The number of rotatable bonds is 7. The molecule has 2 aromatic carbocycles. The number of aliphatic hydroxyl groups excluding tert-OH is 1. The summed E-state index contributed by atoms with van der Waals surface area (Å²) in [5.74, 6) is -0.126. The highest BCUT2D eigenvalue weighted by Gasteiger charge is 2.38. The molecule has 0 saturated heterocycles. The summed E-state index contributed by atoms with van der Waals surface area (Å²) in [5.41, 5.74) is 1.69. The molecule has 33 heavy (non-hydrogen) atoms. The molecule has 1 N–H and O–H groups in total. The number of benzene rings is 2. The second kappa shape index (κ2) is 10.8. The van der Waals surface area contributed by atoms with E-state index in [4.69, 9.17) is 4.74 Å². The van der Waals surface area contributed by atoms with E-state index in [-0.39, 0.29) is 35.9 Å². The molecule has 1 aliphatic heterocycles. The Morgan fingerprint density at radius 3 is 2.73 bits per heavy atom. The van der Waals surface area contributed by atoms with E-state index in [2.05, 4.69) is 0 Å². The number of hydrogen-bond acceptors (Lipinski definition) is 5. The molecule has 6 nitrogen and oxygen atoms in total. The van der Waals surface area contributed by atoms with Crippen LogP contribution in [0.3, 0.4) is 0 Å². The second-order valence-electron chi connectivity index (χ2n) is 8.77. The normalized spacial score (nSPS) is 21.9. The van der Waals surface area contributed by atoms with Gasteiger partial charge in [0.15, 0.2) is 0 Å². The predicted octanol–water partition coefficient (Wildman–Crippen LogP) is 3.76. The van der Waals surface area contributed by atoms with E-state index in [1.807, 2.05) is 44.0 Å². The Labute approximate surface area is 196 Å². The second-order valence-corrected chi connectivity index (χ2v) is 10.6. The van der Waals surface area contributed by atoms with Gasteiger partial charge in [0.05, 0.1) is 6.61 Å². The molecular formula is C25H33FN2O4S. The van der Waals surface area contributed by atoms with Gasteiger partial charge in [-0.1, -0.05) is 37.3 Å². The number of sulfonamides is 1. The van der Waals surface area contributed by atoms with Gasteiger partial charge in [-0.15, -0.1) is 0 Å². The van der Waals surface area contributed by atoms with Gasteiger partial charge >= 0.3 is 0 Å². The lowest BCUT2D eigenvalue weighted by atomic mass is 10.0. The third kappa shape index (κ3) is 6.00. The Kier molecular flexibility index (Phi) is 8.28. The van der Waals surface area contributed by atoms with Crippen LogP contribution in [0.15, 0.2) is 53.4 Å². The van der Waals surface area contributed by atoms with Crippen molar-refractivity contribution in [1.82, 2.24) is 9.21 Å². The van der Waals surface area contributed by atoms with Crippen molar-refractivity contribution in [3.8, 4) is 5.75 Å². The highest BCUT2D eigenvalue weighted by Crippen LogP contribution is 2.34. The van der Waals surface area contributed by atoms with Gasteiger partial charge in [-0.05, 0) is 56.3 Å². The smallest absolute Gasteiger partial charge is 0.247 e. The fourth-order valence-electron chi connectivity index (χ4n) is 4.07. The Balaban J connectivity index is 1.96. The SMILES string of the molecule is C/C=C/c1ccc2c(c1)O[C@@H](CN(C)Cc1cccc(F)c1)[C@@H](C)CN([C@@H](C)CO)S2(=O)=O. The minimum atomic E-state index is -3.85. The van der Waals surface area contributed by atoms with Crippen LogP contribution in [0.2, 0.25) is 0 Å². The number of fused-ring (bicyclic) bond motifs is 1. The van der Waals surface area contributed by atoms with Crippen molar-refractivity contribution in [2.75, 3.05) is 26.7 Å². The third-order valence-electron chi connectivity index (χ3n) is 5.88. The molecule has 3 rings (SSSR count). The largest absolute Gasteiger partial charge is 0.487 e. The molecule has 0 saturated carbocycles. The van der Waals surface area contributed by atoms with Crippen LogP contribution >= 0.6 is 0 Å². The van der Waals surface area contributed by atoms with Crippen LogP contribution in [0.4, 0.5) is 4.39 Å². The molecule has 8 heteroatoms. The maximum atomic E-state index is 13.6. The first-order valence-electron chi connectivity index (χ1n) is 11.1. The number of hydrogen-bond donors (Lipinski definition) is 1. The van der Waals surface area contributed by atoms with Gasteiger partial charge in [0.1, 0.15) is 22.6 Å². The summed E-state index contributed by atoms with van der Waals surface area (Å²) in [4.78, 5) is 2.14. The van der Waals surface area contributed by atoms with Gasteiger partial charge in [0, 0.05) is 31.6 Å². The first-order chi connectivity index (χ1) is 15.6. The van der Waals surface area contributed by atoms with Crippen LogP contribution in [0.1, 0.15) is 31.9 Å². The van der Waals surface area contributed by atoms with Crippen LogP contribution < -0.4 is 4.74 Å². The molecular weight excluding hydrogens is 443 g/mol. The van der Waals surface area contributed by atoms with Crippen molar-refractivity contribution in [3.05, 3.63) is 65.5 Å². The summed E-state index contributed by atoms with van der Waals surface area (Å²) in [6.07, 6.45) is 3.45. The predicted molar refractivity (Wildman–Crippen MR) is 128 cm³/mol. The van der Waals surface area contributed by atoms with E-state index in [1.165, 1.54) is 16.4 Å². The fraction of sp³-hybridized carbons (Fsp3) is 0.440. The summed E-state index contributed by atoms with van der Waals surface area (Å²) in [5, 5.41) is 9.74. The van der Waals surface area contributed by atoms with Gasteiger partial charge < -0.3 is 9.84 Å². The monoisotopic (exact) mass is 476 g/mol. The van der Waals surface area contributed by atoms with Crippen LogP contribution in [0.25, 0.3) is 6.08 Å². The number of aliphatic hydroxyl groups is 1. The summed E-state index contributed by atoms with van der Waals surface area (Å²) in [6.45, 7) is 6.55. The number of halogens is 1. The van der Waals surface area contributed by atoms with E-state index in [9.17, 15) is 17.9 Å². The number of ether oxygens (including phenoxy) is 1. The van der Waals surface area contributed by atoms with E-state index in [1.54, 1.807) is 31.2 Å². The van der Waals surface area contributed by atoms with Crippen LogP contribution in [-0.4, -0.2) is 61.6 Å². The number of nitrogens with zero attached hydrogens (tertiary/aromatic N) is 2. The zero-order chi connectivity index (χ0) is 24.2. The molecule has 0 bridgehead atoms. The van der Waals surface area contributed by atoms with E-state index < -0.39 is 16.1 Å². The van der Waals surface area contributed by atoms with Crippen LogP contribution in [0, 0.1) is 11.7 Å². The van der Waals surface area contributed by atoms with Crippen LogP contribution in [0.5, 0.6) is 5.75 Å². The molecule has 0 fully saturated rings. The third-order valence-corrected chi connectivity index (χ3v) is 7.90. The van der Waals surface area contributed by atoms with Gasteiger partial charge in [-0.2, -0.15) is 4.31 Å². The minimum absolute atomic E-state index is 0.0979. The quantitative estimate of drug-likeness (QED) is 0.659. The summed E-state index contributed by atoms with van der Waals surface area (Å²) in [7, 11) is -1.92. The molecule has 2 aromatic rings. The lowest BCUT2D eigenvalue weighted by Gasteiger charge is -2.37. The molecule has 0 unspecified atom stereocenters. The van der Waals surface area contributed by atoms with E-state index in [0.717, 1.165) is 11.1 Å². The average molecular weight is 477 g/mol. The van der Waals surface area contributed by atoms with Crippen LogP contribution in [-0.2, 0) is 16.6 Å². The standard InChI is InChI=1S/C25H33FN2O4S/c1-5-7-20-10-11-25-23(13-20)32-24(16-27(4)15-21-8-6-9-22(26)12-21)18(2)14-28(19(3)17-29)33(25,30)31/h5-13,18-19,24,29H,14-17H2,1-4H3/b7-5+/t18-,19-,24-/m0/s1. The van der Waals surface area contributed by atoms with Crippen molar-refractivity contribution in [2.45, 2.75) is 44.4 Å². The van der Waals surface area contributed by atoms with Crippen molar-refractivity contribution in [2.24, 2.45) is 5.92 Å². The molecule has 0 aliphatic carbocycles. The first kappa shape index (κ1) is 25.4. The molecule has 1 heterocycles. The summed E-state index contributed by atoms with van der Waals surface area (Å²) >= 11 is 0. The topological polar surface area (TPSA) is 70.1 Å². The molecule has 180 valence electrons. The highest BCUT2D eigenvalue weighted by atomic mass is 32.2. The maximum Gasteiger partial charge on any atom is 0.247 e. The Morgan fingerprint density at radius 2 is 2.06 bits per heavy atom. The highest BCUT2D eigenvalue weighted by molar-refractivity contribution is 7.89. The van der Waals surface area contributed by atoms with Gasteiger partial charge in [0.25, 0.3) is 0 Å². The molecule has 0 radical (unpaired) electrons. The number of allylic oxidation sites excluding steroid dienone is 1. The molecule has 0 amide bonds. The molecule has 0 aromatic heterocycles. The maximum absolute atomic E-state index is 13.6. The molecule has 3 atom stereocenters. The van der Waals surface area contributed by atoms with Gasteiger partial charge in [0.2, 0.25) is 10.0 Å². The minimum Gasteiger partial charge on any atom is -0.487 e. The Morgan fingerprint density at radius 1 is 1.30 bits per heavy atom. The molecule has 1 aliphatic rings. The zero-order valence-electron chi connectivity index (χ0n) is 19.6. The van der Waals surface area contributed by atoms with Gasteiger partial charge in [-0.25, -0.2) is 12.8 Å². The summed E-state index contributed by atoms with van der Waals surface area (Å²) in [6, 6.07) is 11.0. The number of likely N-dealkylation sites (N-methyl/N-ethyl adjacent to an activating group) is 1. The van der Waals surface area contributed by atoms with Crippen molar-refractivity contribution < 1.29 is 22.7 Å². The Bertz CT molecular complexity index is 1090. The van der Waals surface area contributed by atoms with E-state index >= 15 is 0 Å². The van der Waals surface area contributed by atoms with E-state index in [0.29, 0.717) is 18.8 Å². The first-order valence-corrected chi connectivity index (χ1v) is 12.6. The fourth-order valence-corrected chi connectivity index (χ4v) is 5.90.